The highest BCUT2D eigenvalue weighted by molar-refractivity contribution is 7.91. The minimum Gasteiger partial charge on any atom is -0.381 e. The quantitative estimate of drug-likeness (QED) is 0.0853. The first-order valence-corrected chi connectivity index (χ1v) is 22.0. The summed E-state index contributed by atoms with van der Waals surface area (Å²) >= 11 is 0. The van der Waals surface area contributed by atoms with Crippen molar-refractivity contribution in [3.8, 4) is 6.07 Å². The van der Waals surface area contributed by atoms with Gasteiger partial charge in [0.15, 0.2) is 21.2 Å². The fraction of sp³-hybridized carbons (Fsp3) is 0.234. The van der Waals surface area contributed by atoms with Crippen molar-refractivity contribution in [3.63, 3.8) is 0 Å². The van der Waals surface area contributed by atoms with Crippen LogP contribution in [0, 0.1) is 17.1 Å². The van der Waals surface area contributed by atoms with Crippen LogP contribution in [0.4, 0.5) is 34.6 Å². The molecule has 0 fully saturated rings. The predicted octanol–water partition coefficient (Wildman–Crippen LogP) is 7.34. The third-order valence-corrected chi connectivity index (χ3v) is 13.4. The molecule has 3 heterocycles. The fourth-order valence-electron chi connectivity index (χ4n) is 8.06. The molecule has 2 aliphatic rings. The first-order valence-electron chi connectivity index (χ1n) is 20.3. The first-order chi connectivity index (χ1) is 30.9. The zero-order valence-corrected chi connectivity index (χ0v) is 35.6. The number of aliphatic imine (C=N–C) groups is 1. The molecule has 1 amide bonds. The Hall–Kier alpha value is -7.23. The van der Waals surface area contributed by atoms with E-state index in [-0.39, 0.29) is 29.0 Å². The highest BCUT2D eigenvalue weighted by Gasteiger charge is 2.42. The van der Waals surface area contributed by atoms with Crippen LogP contribution in [0.15, 0.2) is 119 Å². The van der Waals surface area contributed by atoms with Gasteiger partial charge >= 0.3 is 6.18 Å². The Balaban J connectivity index is 0.853. The molecule has 0 saturated carbocycles. The summed E-state index contributed by atoms with van der Waals surface area (Å²) in [5, 5.41) is 33.1. The summed E-state index contributed by atoms with van der Waals surface area (Å²) in [5.74, 6) is -2.77. The summed E-state index contributed by atoms with van der Waals surface area (Å²) in [6, 6.07) is 28.2. The lowest BCUT2D eigenvalue weighted by Gasteiger charge is -2.37. The van der Waals surface area contributed by atoms with Crippen LogP contribution in [0.2, 0.25) is 0 Å². The minimum absolute atomic E-state index is 0.0750. The van der Waals surface area contributed by atoms with E-state index in [0.717, 1.165) is 47.0 Å². The molecule has 0 spiro atoms. The third-order valence-electron chi connectivity index (χ3n) is 11.5. The molecule has 2 aliphatic heterocycles. The van der Waals surface area contributed by atoms with Crippen LogP contribution in [0.3, 0.4) is 0 Å². The summed E-state index contributed by atoms with van der Waals surface area (Å²) in [4.78, 5) is 34.6. The first kappa shape index (κ1) is 44.4. The van der Waals surface area contributed by atoms with Crippen LogP contribution < -0.4 is 16.0 Å². The van der Waals surface area contributed by atoms with Gasteiger partial charge in [-0.1, -0.05) is 48.5 Å². The van der Waals surface area contributed by atoms with Gasteiger partial charge in [-0.05, 0) is 96.6 Å². The number of anilines is 3. The molecule has 0 radical (unpaired) electrons. The Morgan fingerprint density at radius 3 is 2.22 bits per heavy atom. The third kappa shape index (κ3) is 9.38. The molecule has 1 unspecified atom stereocenters. The predicted molar refractivity (Wildman–Crippen MR) is 234 cm³/mol. The molecule has 332 valence electrons. The maximum absolute atomic E-state index is 14.7. The number of rotatable bonds is 13. The van der Waals surface area contributed by atoms with E-state index >= 15 is 0 Å². The van der Waals surface area contributed by atoms with Crippen LogP contribution in [0.5, 0.6) is 0 Å². The van der Waals surface area contributed by atoms with Crippen molar-refractivity contribution in [2.75, 3.05) is 28.2 Å². The Bertz CT molecular complexity index is 3000. The molecule has 5 aromatic carbocycles. The van der Waals surface area contributed by atoms with Crippen molar-refractivity contribution in [1.82, 2.24) is 14.8 Å². The van der Waals surface area contributed by atoms with E-state index in [0.29, 0.717) is 53.8 Å². The Morgan fingerprint density at radius 2 is 1.58 bits per heavy atom. The molecule has 0 saturated heterocycles. The Kier molecular flexibility index (Phi) is 11.9. The second kappa shape index (κ2) is 17.4. The Morgan fingerprint density at radius 1 is 0.938 bits per heavy atom. The van der Waals surface area contributed by atoms with Crippen molar-refractivity contribution in [2.24, 2.45) is 12.0 Å². The van der Waals surface area contributed by atoms with Gasteiger partial charge in [-0.3, -0.25) is 19.3 Å². The fourth-order valence-corrected chi connectivity index (χ4v) is 9.65. The van der Waals surface area contributed by atoms with Crippen LogP contribution in [-0.4, -0.2) is 63.6 Å². The Labute approximate surface area is 370 Å². The number of amides is 1. The van der Waals surface area contributed by atoms with Gasteiger partial charge < -0.3 is 21.1 Å². The van der Waals surface area contributed by atoms with Crippen molar-refractivity contribution < 1.29 is 40.7 Å². The monoisotopic (exact) mass is 904 g/mol. The molecule has 1 aromatic heterocycles. The second-order valence-electron chi connectivity index (χ2n) is 16.1. The van der Waals surface area contributed by atoms with Gasteiger partial charge in [0.2, 0.25) is 0 Å². The number of hydrogen-bond acceptors (Lipinski definition) is 11. The van der Waals surface area contributed by atoms with Gasteiger partial charge in [0.05, 0.1) is 45.5 Å². The summed E-state index contributed by atoms with van der Waals surface area (Å²) in [5.41, 5.74) is 1.97. The highest BCUT2D eigenvalue weighted by Crippen LogP contribution is 2.45. The number of nitrogens with one attached hydrogen (secondary N) is 3. The molecular weight excluding hydrogens is 865 g/mol. The number of aliphatic hydroxyl groups is 1. The number of carbonyl (C=O) groups excluding carboxylic acids is 2. The van der Waals surface area contributed by atoms with Gasteiger partial charge in [0.25, 0.3) is 5.91 Å². The smallest absolute Gasteiger partial charge is 0.381 e. The molecule has 8 rings (SSSR count). The molecule has 0 aliphatic carbocycles. The maximum Gasteiger partial charge on any atom is 0.417 e. The van der Waals surface area contributed by atoms with Crippen LogP contribution >= 0.6 is 0 Å². The number of aromatic nitrogens is 3. The number of sulfone groups is 1. The molecule has 65 heavy (non-hydrogen) atoms. The van der Waals surface area contributed by atoms with E-state index in [1.807, 2.05) is 48.5 Å². The highest BCUT2D eigenvalue weighted by atomic mass is 32.2. The molecular formula is C47H40F4N8O5S. The number of hydrogen-bond donors (Lipinski definition) is 4. The van der Waals surface area contributed by atoms with Gasteiger partial charge in [0.1, 0.15) is 24.5 Å². The summed E-state index contributed by atoms with van der Waals surface area (Å²) in [6.07, 6.45) is -2.16. The zero-order valence-electron chi connectivity index (χ0n) is 34.8. The topological polar surface area (TPSA) is 191 Å². The van der Waals surface area contributed by atoms with E-state index in [1.54, 1.807) is 23.9 Å². The lowest BCUT2D eigenvalue weighted by Crippen LogP contribution is -2.45. The molecule has 4 N–H and O–H groups in total. The number of nitriles is 1. The number of aryl methyl sites for hydroxylation is 3. The van der Waals surface area contributed by atoms with E-state index in [2.05, 4.69) is 31.0 Å². The van der Waals surface area contributed by atoms with E-state index < -0.39 is 56.1 Å². The van der Waals surface area contributed by atoms with Crippen LogP contribution in [0.1, 0.15) is 74.0 Å². The van der Waals surface area contributed by atoms with E-state index in [9.17, 15) is 40.7 Å². The van der Waals surface area contributed by atoms with Crippen molar-refractivity contribution in [1.29, 1.82) is 5.26 Å². The lowest BCUT2D eigenvalue weighted by atomic mass is 9.78. The average Bonchev–Trinajstić information content (AvgIpc) is 3.70. The minimum atomic E-state index is -4.88. The summed E-state index contributed by atoms with van der Waals surface area (Å²) < 4.78 is 83.0. The number of Topliss-reactive ketones (excluding diaryl/α,β-unsaturated/α-hetero) is 1. The van der Waals surface area contributed by atoms with Crippen LogP contribution in [-0.2, 0) is 47.2 Å². The van der Waals surface area contributed by atoms with E-state index in [1.165, 1.54) is 36.7 Å². The number of halogens is 4. The average molecular weight is 905 g/mol. The van der Waals surface area contributed by atoms with Crippen LogP contribution in [0.25, 0.3) is 0 Å². The molecule has 13 nitrogen and oxygen atoms in total. The largest absolute Gasteiger partial charge is 0.417 e. The zero-order chi connectivity index (χ0) is 46.3. The molecule has 18 heteroatoms. The second-order valence-corrected chi connectivity index (χ2v) is 18.1. The number of alkyl halides is 3. The summed E-state index contributed by atoms with van der Waals surface area (Å²) in [7, 11) is -2.42. The standard InChI is InChI=1S/C47H40F4N8O5S/c1-46(62,45(61)57-34-16-13-31(22-52)37(21-34)47(49,50)51)25-65(63,64)35-17-9-28(10-18-35)4-3-27-5-7-29(8-6-27)23-53-33-14-11-30(12-15-33)42-41(44-55-26-56-59(44)2)43-40-36(39(60)24-54-43)19-32(48)20-38(40)58-42/h5-21,26,41-42,53,58,62H,3-4,23-25H2,1-2H3,(H,57,61)/t41-,42-,46?/m1/s1. The number of nitrogens with zero attached hydrogens (tertiary/aromatic N) is 5. The van der Waals surface area contributed by atoms with Crippen molar-refractivity contribution >= 4 is 44.3 Å². The normalized spacial score (nSPS) is 16.6. The van der Waals surface area contributed by atoms with E-state index in [4.69, 9.17) is 5.26 Å². The van der Waals surface area contributed by atoms with Crippen molar-refractivity contribution in [3.05, 3.63) is 166 Å². The molecule has 6 aromatic rings. The SMILES string of the molecule is Cn1ncnc1[C@H]1C2=NCC(=O)c3cc(F)cc(c32)N[C@@H]1c1ccc(NCc2ccc(CCc3ccc(S(=O)(=O)CC(C)(O)C(=O)Nc4ccc(C#N)c(C(F)(F)F)c4)cc3)cc2)cc1. The van der Waals surface area contributed by atoms with Crippen molar-refractivity contribution in [2.45, 2.75) is 54.9 Å². The lowest BCUT2D eigenvalue weighted by molar-refractivity contribution is -0.137. The number of benzene rings is 5. The van der Waals surface area contributed by atoms with Gasteiger partial charge in [-0.25, -0.2) is 17.8 Å². The van der Waals surface area contributed by atoms with Gasteiger partial charge in [-0.15, -0.1) is 0 Å². The number of carbonyl (C=O) groups is 2. The van der Waals surface area contributed by atoms with Gasteiger partial charge in [-0.2, -0.15) is 23.5 Å². The maximum atomic E-state index is 14.7. The molecule has 3 atom stereocenters. The van der Waals surface area contributed by atoms with Gasteiger partial charge in [0, 0.05) is 41.8 Å². The molecule has 0 bridgehead atoms. The summed E-state index contributed by atoms with van der Waals surface area (Å²) in [6.45, 7) is 1.42. The number of ketones is 1.